The predicted octanol–water partition coefficient (Wildman–Crippen LogP) is 9.93. The lowest BCUT2D eigenvalue weighted by Crippen LogP contribution is -2.14. The number of benzene rings is 3. The molecule has 0 N–H and O–H groups in total. The number of fused-ring (bicyclic) bond motifs is 1. The summed E-state index contributed by atoms with van der Waals surface area (Å²) in [6.45, 7) is 15.6. The number of hydrogen-bond donors (Lipinski definition) is 0. The van der Waals surface area contributed by atoms with Crippen LogP contribution in [0.3, 0.4) is 0 Å². The van der Waals surface area contributed by atoms with Crippen molar-refractivity contribution in [3.05, 3.63) is 87.8 Å². The maximum atomic E-state index is 6.88. The predicted molar refractivity (Wildman–Crippen MR) is 144 cm³/mol. The number of rotatable bonds is 3. The molecule has 3 aromatic carbocycles. The minimum absolute atomic E-state index is 0.0908. The smallest absolute Gasteiger partial charge is 0.0675 e. The maximum Gasteiger partial charge on any atom is 0.0675 e. The fraction of sp³-hybridized carbons (Fsp3) is 0.310. The van der Waals surface area contributed by atoms with Gasteiger partial charge < -0.3 is 4.90 Å². The lowest BCUT2D eigenvalue weighted by Gasteiger charge is -2.28. The van der Waals surface area contributed by atoms with E-state index < -0.39 is 0 Å². The number of thiophene rings is 1. The molecule has 0 saturated carbocycles. The van der Waals surface area contributed by atoms with Gasteiger partial charge in [0.25, 0.3) is 0 Å². The van der Waals surface area contributed by atoms with Gasteiger partial charge in [-0.05, 0) is 64.8 Å². The zero-order valence-electron chi connectivity index (χ0n) is 20.1. The summed E-state index contributed by atoms with van der Waals surface area (Å²) in [5.74, 6) is 0. The van der Waals surface area contributed by atoms with Gasteiger partial charge >= 0.3 is 0 Å². The van der Waals surface area contributed by atoms with Crippen molar-refractivity contribution in [2.75, 3.05) is 4.90 Å². The normalized spacial score (nSPS) is 12.4. The zero-order chi connectivity index (χ0) is 23.3. The first-order chi connectivity index (χ1) is 15.0. The molecule has 3 heteroatoms. The maximum absolute atomic E-state index is 6.88. The highest BCUT2D eigenvalue weighted by molar-refractivity contribution is 7.17. The van der Waals surface area contributed by atoms with Gasteiger partial charge in [0.15, 0.2) is 0 Å². The molecule has 0 aliphatic rings. The molecule has 1 heterocycles. The van der Waals surface area contributed by atoms with Gasteiger partial charge in [-0.25, -0.2) is 0 Å². The van der Waals surface area contributed by atoms with E-state index in [1.807, 2.05) is 0 Å². The Bertz CT molecular complexity index is 1250. The van der Waals surface area contributed by atoms with Crippen LogP contribution < -0.4 is 4.90 Å². The molecule has 0 radical (unpaired) electrons. The van der Waals surface area contributed by atoms with Crippen molar-refractivity contribution in [1.29, 1.82) is 0 Å². The van der Waals surface area contributed by atoms with Crippen molar-refractivity contribution in [2.45, 2.75) is 59.3 Å². The average Bonchev–Trinajstić information content (AvgIpc) is 3.13. The molecule has 0 saturated heterocycles. The van der Waals surface area contributed by atoms with E-state index in [2.05, 4.69) is 119 Å². The van der Waals surface area contributed by atoms with Crippen molar-refractivity contribution in [2.24, 2.45) is 0 Å². The molecular formula is C29H32ClNS. The Morgan fingerprint density at radius 1 is 0.750 bits per heavy atom. The van der Waals surface area contributed by atoms with Crippen molar-refractivity contribution in [3.63, 3.8) is 0 Å². The Kier molecular flexibility index (Phi) is 5.90. The lowest BCUT2D eigenvalue weighted by molar-refractivity contribution is 0.590. The summed E-state index contributed by atoms with van der Waals surface area (Å²) >= 11 is 8.66. The second-order valence-electron chi connectivity index (χ2n) is 10.6. The Balaban J connectivity index is 1.96. The van der Waals surface area contributed by atoms with Crippen LogP contribution in [0.25, 0.3) is 10.1 Å². The van der Waals surface area contributed by atoms with Gasteiger partial charge in [0, 0.05) is 21.2 Å². The van der Waals surface area contributed by atoms with E-state index in [1.54, 1.807) is 11.3 Å². The van der Waals surface area contributed by atoms with Crippen LogP contribution in [0, 0.1) is 6.92 Å². The number of anilines is 3. The number of halogens is 1. The van der Waals surface area contributed by atoms with Crippen LogP contribution in [0.1, 0.15) is 58.2 Å². The van der Waals surface area contributed by atoms with Crippen molar-refractivity contribution in [3.8, 4) is 0 Å². The molecule has 0 unspecified atom stereocenters. The van der Waals surface area contributed by atoms with Crippen LogP contribution in [0.5, 0.6) is 0 Å². The third-order valence-corrected chi connectivity index (χ3v) is 7.51. The fourth-order valence-corrected chi connectivity index (χ4v) is 5.10. The standard InChI is InChI=1S/C29H32ClNS/c1-19-9-8-10-24(27(19)30)31(22-14-11-20(12-15-22)28(2,3)4)25-18-32-26-16-13-21(17-23(25)26)29(5,6)7/h8-18H,1-7H3. The number of aryl methyl sites for hydroxylation is 1. The third kappa shape index (κ3) is 4.31. The van der Waals surface area contributed by atoms with Gasteiger partial charge in [0.1, 0.15) is 0 Å². The topological polar surface area (TPSA) is 3.24 Å². The van der Waals surface area contributed by atoms with Crippen LogP contribution in [0.2, 0.25) is 5.02 Å². The van der Waals surface area contributed by atoms with Crippen molar-refractivity contribution in [1.82, 2.24) is 0 Å². The summed E-state index contributed by atoms with van der Waals surface area (Å²) in [6.07, 6.45) is 0. The molecule has 0 atom stereocenters. The molecule has 0 aliphatic heterocycles. The first kappa shape index (κ1) is 22.9. The van der Waals surface area contributed by atoms with E-state index >= 15 is 0 Å². The van der Waals surface area contributed by atoms with Crippen LogP contribution in [-0.2, 0) is 10.8 Å². The SMILES string of the molecule is Cc1cccc(N(c2ccc(C(C)(C)C)cc2)c2csc3ccc(C(C)(C)C)cc23)c1Cl. The molecule has 4 rings (SSSR count). The first-order valence-corrected chi connectivity index (χ1v) is 12.4. The Hall–Kier alpha value is -2.29. The van der Waals surface area contributed by atoms with E-state index in [9.17, 15) is 0 Å². The quantitative estimate of drug-likeness (QED) is 0.293. The molecule has 32 heavy (non-hydrogen) atoms. The largest absolute Gasteiger partial charge is 0.308 e. The van der Waals surface area contributed by atoms with Gasteiger partial charge in [-0.2, -0.15) is 0 Å². The van der Waals surface area contributed by atoms with E-state index in [4.69, 9.17) is 11.6 Å². The van der Waals surface area contributed by atoms with E-state index in [1.165, 1.54) is 26.9 Å². The summed E-state index contributed by atoms with van der Waals surface area (Å²) in [4.78, 5) is 2.31. The zero-order valence-corrected chi connectivity index (χ0v) is 21.7. The molecule has 4 aromatic rings. The summed E-state index contributed by atoms with van der Waals surface area (Å²) in [7, 11) is 0. The molecule has 0 amide bonds. The highest BCUT2D eigenvalue weighted by atomic mass is 35.5. The van der Waals surface area contributed by atoms with Crippen molar-refractivity contribution >= 4 is 50.1 Å². The molecule has 0 fully saturated rings. The molecule has 1 nitrogen and oxygen atoms in total. The Morgan fingerprint density at radius 3 is 2.00 bits per heavy atom. The molecule has 0 bridgehead atoms. The summed E-state index contributed by atoms with van der Waals surface area (Å²) < 4.78 is 1.29. The highest BCUT2D eigenvalue weighted by Gasteiger charge is 2.22. The van der Waals surface area contributed by atoms with Crippen LogP contribution in [0.15, 0.2) is 66.0 Å². The Labute approximate surface area is 201 Å². The third-order valence-electron chi connectivity index (χ3n) is 6.06. The molecule has 0 aliphatic carbocycles. The average molecular weight is 462 g/mol. The summed E-state index contributed by atoms with van der Waals surface area (Å²) in [6, 6.07) is 22.0. The van der Waals surface area contributed by atoms with E-state index in [0.717, 1.165) is 22.0 Å². The molecular weight excluding hydrogens is 430 g/mol. The first-order valence-electron chi connectivity index (χ1n) is 11.1. The van der Waals surface area contributed by atoms with E-state index in [0.29, 0.717) is 0 Å². The second-order valence-corrected chi connectivity index (χ2v) is 11.9. The van der Waals surface area contributed by atoms with Gasteiger partial charge in [0.05, 0.1) is 16.4 Å². The Morgan fingerprint density at radius 2 is 1.38 bits per heavy atom. The second kappa shape index (κ2) is 8.24. The van der Waals surface area contributed by atoms with Gasteiger partial charge in [0.2, 0.25) is 0 Å². The van der Waals surface area contributed by atoms with Crippen LogP contribution in [-0.4, -0.2) is 0 Å². The molecule has 0 spiro atoms. The summed E-state index contributed by atoms with van der Waals surface area (Å²) in [5.41, 5.74) is 7.24. The fourth-order valence-electron chi connectivity index (χ4n) is 3.98. The lowest BCUT2D eigenvalue weighted by atomic mass is 9.86. The summed E-state index contributed by atoms with van der Waals surface area (Å²) in [5, 5.41) is 4.31. The minimum Gasteiger partial charge on any atom is -0.308 e. The monoisotopic (exact) mass is 461 g/mol. The minimum atomic E-state index is 0.0908. The highest BCUT2D eigenvalue weighted by Crippen LogP contribution is 2.46. The number of nitrogens with zero attached hydrogens (tertiary/aromatic N) is 1. The van der Waals surface area contributed by atoms with Crippen molar-refractivity contribution < 1.29 is 0 Å². The molecule has 1 aromatic heterocycles. The van der Waals surface area contributed by atoms with Crippen LogP contribution in [0.4, 0.5) is 17.1 Å². The van der Waals surface area contributed by atoms with Gasteiger partial charge in [-0.1, -0.05) is 83.5 Å². The van der Waals surface area contributed by atoms with Crippen LogP contribution >= 0.6 is 22.9 Å². The molecule has 166 valence electrons. The number of hydrogen-bond acceptors (Lipinski definition) is 2. The van der Waals surface area contributed by atoms with Gasteiger partial charge in [-0.3, -0.25) is 0 Å². The van der Waals surface area contributed by atoms with Gasteiger partial charge in [-0.15, -0.1) is 11.3 Å². The van der Waals surface area contributed by atoms with E-state index in [-0.39, 0.29) is 10.8 Å².